The van der Waals surface area contributed by atoms with Gasteiger partial charge < -0.3 is 4.74 Å². The zero-order valence-electron chi connectivity index (χ0n) is 9.31. The van der Waals surface area contributed by atoms with Crippen LogP contribution in [0.25, 0.3) is 0 Å². The fourth-order valence-corrected chi connectivity index (χ4v) is 1.82. The average molecular weight is 302 g/mol. The number of alkyl halides is 1. The van der Waals surface area contributed by atoms with Crippen LogP contribution in [0.15, 0.2) is 18.2 Å². The van der Waals surface area contributed by atoms with Crippen molar-refractivity contribution in [2.24, 2.45) is 0 Å². The molecule has 1 rings (SSSR count). The minimum absolute atomic E-state index is 0.0463. The third-order valence-corrected chi connectivity index (χ3v) is 2.55. The number of ether oxygens (including phenoxy) is 1. The lowest BCUT2D eigenvalue weighted by molar-refractivity contribution is -0.385. The highest BCUT2D eigenvalue weighted by atomic mass is 79.9. The van der Waals surface area contributed by atoms with Crippen molar-refractivity contribution in [3.05, 3.63) is 39.4 Å². The zero-order valence-corrected chi connectivity index (χ0v) is 10.9. The predicted octanol–water partition coefficient (Wildman–Crippen LogP) is 2.71. The lowest BCUT2D eigenvalue weighted by Gasteiger charge is -2.04. The molecular formula is C11H12BrNO4. The van der Waals surface area contributed by atoms with Crippen molar-refractivity contribution >= 4 is 27.6 Å². The Bertz CT molecular complexity index is 433. The van der Waals surface area contributed by atoms with E-state index in [1.54, 1.807) is 19.1 Å². The molecule has 0 heterocycles. The first-order chi connectivity index (χ1) is 8.10. The third kappa shape index (κ3) is 3.52. The van der Waals surface area contributed by atoms with Crippen LogP contribution in [0.4, 0.5) is 5.69 Å². The van der Waals surface area contributed by atoms with Gasteiger partial charge in [-0.05, 0) is 19.4 Å². The number of halogens is 1. The molecule has 0 aromatic heterocycles. The minimum Gasteiger partial charge on any atom is -0.462 e. The van der Waals surface area contributed by atoms with E-state index >= 15 is 0 Å². The van der Waals surface area contributed by atoms with E-state index in [0.29, 0.717) is 17.3 Å². The average Bonchev–Trinajstić information content (AvgIpc) is 2.30. The summed E-state index contributed by atoms with van der Waals surface area (Å²) < 4.78 is 4.79. The predicted molar refractivity (Wildman–Crippen MR) is 66.6 cm³/mol. The first kappa shape index (κ1) is 13.6. The van der Waals surface area contributed by atoms with Crippen LogP contribution in [-0.4, -0.2) is 22.8 Å². The van der Waals surface area contributed by atoms with Gasteiger partial charge in [-0.1, -0.05) is 22.0 Å². The standard InChI is InChI=1S/C11H12BrNO4/c1-2-17-11(14)9-4-3-8(5-6-12)10(7-9)13(15)16/h3-4,7H,2,5-6H2,1H3. The molecule has 0 saturated carbocycles. The molecule has 0 aliphatic heterocycles. The molecule has 1 aromatic rings. The highest BCUT2D eigenvalue weighted by Crippen LogP contribution is 2.22. The van der Waals surface area contributed by atoms with E-state index in [1.807, 2.05) is 0 Å². The van der Waals surface area contributed by atoms with Gasteiger partial charge in [0.05, 0.1) is 17.1 Å². The number of benzene rings is 1. The number of carbonyl (C=O) groups is 1. The van der Waals surface area contributed by atoms with Crippen molar-refractivity contribution in [1.82, 2.24) is 0 Å². The van der Waals surface area contributed by atoms with Gasteiger partial charge >= 0.3 is 5.97 Å². The first-order valence-electron chi connectivity index (χ1n) is 5.10. The largest absolute Gasteiger partial charge is 0.462 e. The Hall–Kier alpha value is -1.43. The van der Waals surface area contributed by atoms with Gasteiger partial charge in [0.2, 0.25) is 0 Å². The van der Waals surface area contributed by atoms with Crippen LogP contribution in [0.5, 0.6) is 0 Å². The van der Waals surface area contributed by atoms with Crippen molar-refractivity contribution in [2.75, 3.05) is 11.9 Å². The quantitative estimate of drug-likeness (QED) is 0.363. The molecule has 92 valence electrons. The van der Waals surface area contributed by atoms with Crippen molar-refractivity contribution in [1.29, 1.82) is 0 Å². The van der Waals surface area contributed by atoms with Crippen LogP contribution in [0.3, 0.4) is 0 Å². The topological polar surface area (TPSA) is 69.4 Å². The fraction of sp³-hybridized carbons (Fsp3) is 0.364. The minimum atomic E-state index is -0.541. The van der Waals surface area contributed by atoms with Gasteiger partial charge in [0.1, 0.15) is 0 Å². The summed E-state index contributed by atoms with van der Waals surface area (Å²) in [5.74, 6) is -0.541. The number of rotatable bonds is 5. The molecule has 0 aliphatic rings. The van der Waals surface area contributed by atoms with E-state index in [2.05, 4.69) is 15.9 Å². The molecule has 0 N–H and O–H groups in total. The molecule has 1 aromatic carbocycles. The second kappa shape index (κ2) is 6.34. The fourth-order valence-electron chi connectivity index (χ4n) is 1.39. The molecule has 5 nitrogen and oxygen atoms in total. The van der Waals surface area contributed by atoms with E-state index in [1.165, 1.54) is 6.07 Å². The zero-order chi connectivity index (χ0) is 12.8. The Morgan fingerprint density at radius 3 is 2.76 bits per heavy atom. The molecule has 0 radical (unpaired) electrons. The summed E-state index contributed by atoms with van der Waals surface area (Å²) in [6, 6.07) is 4.39. The molecule has 0 fully saturated rings. The Morgan fingerprint density at radius 1 is 1.53 bits per heavy atom. The normalized spacial score (nSPS) is 10.0. The van der Waals surface area contributed by atoms with E-state index in [0.717, 1.165) is 0 Å². The molecule has 0 bridgehead atoms. The van der Waals surface area contributed by atoms with E-state index in [4.69, 9.17) is 4.74 Å². The van der Waals surface area contributed by atoms with Gasteiger partial charge in [-0.15, -0.1) is 0 Å². The number of esters is 1. The van der Waals surface area contributed by atoms with Gasteiger partial charge in [0.15, 0.2) is 0 Å². The van der Waals surface area contributed by atoms with Crippen LogP contribution in [0, 0.1) is 10.1 Å². The van der Waals surface area contributed by atoms with Gasteiger partial charge in [-0.3, -0.25) is 10.1 Å². The lowest BCUT2D eigenvalue weighted by atomic mass is 10.1. The lowest BCUT2D eigenvalue weighted by Crippen LogP contribution is -2.06. The first-order valence-corrected chi connectivity index (χ1v) is 6.22. The SMILES string of the molecule is CCOC(=O)c1ccc(CCBr)c([N+](=O)[O-])c1. The monoisotopic (exact) mass is 301 g/mol. The van der Waals surface area contributed by atoms with Crippen LogP contribution in [0.1, 0.15) is 22.8 Å². The second-order valence-corrected chi connectivity index (χ2v) is 4.05. The van der Waals surface area contributed by atoms with E-state index in [9.17, 15) is 14.9 Å². The Kier molecular flexibility index (Phi) is 5.09. The number of hydrogen-bond donors (Lipinski definition) is 0. The third-order valence-electron chi connectivity index (χ3n) is 2.16. The Balaban J connectivity index is 3.09. The highest BCUT2D eigenvalue weighted by Gasteiger charge is 2.17. The van der Waals surface area contributed by atoms with Crippen molar-refractivity contribution in [3.63, 3.8) is 0 Å². The number of carbonyl (C=O) groups excluding carboxylic acids is 1. The molecule has 6 heteroatoms. The van der Waals surface area contributed by atoms with E-state index in [-0.39, 0.29) is 17.9 Å². The number of nitrogens with zero attached hydrogens (tertiary/aromatic N) is 1. The van der Waals surface area contributed by atoms with Gasteiger partial charge in [-0.2, -0.15) is 0 Å². The summed E-state index contributed by atoms with van der Waals surface area (Å²) in [5.41, 5.74) is 0.756. The number of nitro benzene ring substituents is 1. The maximum absolute atomic E-state index is 11.4. The summed E-state index contributed by atoms with van der Waals surface area (Å²) in [7, 11) is 0. The Labute approximate surface area is 107 Å². The molecule has 0 unspecified atom stereocenters. The van der Waals surface area contributed by atoms with Crippen molar-refractivity contribution in [3.8, 4) is 0 Å². The maximum Gasteiger partial charge on any atom is 0.338 e. The molecule has 17 heavy (non-hydrogen) atoms. The van der Waals surface area contributed by atoms with Crippen LogP contribution in [-0.2, 0) is 11.2 Å². The molecule has 0 saturated heterocycles. The molecule has 0 atom stereocenters. The molecule has 0 spiro atoms. The smallest absolute Gasteiger partial charge is 0.338 e. The van der Waals surface area contributed by atoms with Crippen LogP contribution in [0.2, 0.25) is 0 Å². The van der Waals surface area contributed by atoms with Gasteiger partial charge in [-0.25, -0.2) is 4.79 Å². The van der Waals surface area contributed by atoms with Gasteiger partial charge in [0.25, 0.3) is 5.69 Å². The molecule has 0 aliphatic carbocycles. The number of nitro groups is 1. The van der Waals surface area contributed by atoms with Crippen LogP contribution < -0.4 is 0 Å². The summed E-state index contributed by atoms with van der Waals surface area (Å²) in [6.45, 7) is 1.93. The summed E-state index contributed by atoms with van der Waals surface area (Å²) in [6.07, 6.45) is 0.541. The van der Waals surface area contributed by atoms with Crippen molar-refractivity contribution < 1.29 is 14.5 Å². The number of hydrogen-bond acceptors (Lipinski definition) is 4. The van der Waals surface area contributed by atoms with Crippen molar-refractivity contribution in [2.45, 2.75) is 13.3 Å². The summed E-state index contributed by atoms with van der Waals surface area (Å²) in [4.78, 5) is 21.8. The van der Waals surface area contributed by atoms with Crippen LogP contribution >= 0.6 is 15.9 Å². The molecule has 0 amide bonds. The summed E-state index contributed by atoms with van der Waals surface area (Å²) >= 11 is 3.23. The van der Waals surface area contributed by atoms with E-state index < -0.39 is 10.9 Å². The Morgan fingerprint density at radius 2 is 2.24 bits per heavy atom. The second-order valence-electron chi connectivity index (χ2n) is 3.26. The molecular weight excluding hydrogens is 290 g/mol. The maximum atomic E-state index is 11.4. The van der Waals surface area contributed by atoms with Gasteiger partial charge in [0, 0.05) is 17.0 Å². The summed E-state index contributed by atoms with van der Waals surface area (Å²) in [5, 5.41) is 11.5. The number of aryl methyl sites for hydroxylation is 1. The highest BCUT2D eigenvalue weighted by molar-refractivity contribution is 9.09.